The minimum absolute atomic E-state index is 0.0486. The van der Waals surface area contributed by atoms with Crippen molar-refractivity contribution < 1.29 is 27.1 Å². The normalized spacial score (nSPS) is 22.9. The van der Waals surface area contributed by atoms with E-state index in [1.165, 1.54) is 38.4 Å². The van der Waals surface area contributed by atoms with Crippen LogP contribution in [0, 0.1) is 11.6 Å². The number of benzene rings is 2. The second-order valence-electron chi connectivity index (χ2n) is 11.7. The molecule has 0 bridgehead atoms. The first kappa shape index (κ1) is 31.6. The lowest BCUT2D eigenvalue weighted by atomic mass is 9.89. The molecule has 1 saturated heterocycles. The summed E-state index contributed by atoms with van der Waals surface area (Å²) in [7, 11) is 1.50. The van der Waals surface area contributed by atoms with Gasteiger partial charge in [0.2, 0.25) is 0 Å². The highest BCUT2D eigenvalue weighted by Gasteiger charge is 2.38. The lowest BCUT2D eigenvalue weighted by Crippen LogP contribution is -2.47. The molecule has 1 aliphatic heterocycles. The van der Waals surface area contributed by atoms with Gasteiger partial charge >= 0.3 is 0 Å². The summed E-state index contributed by atoms with van der Waals surface area (Å²) in [5.74, 6) is -3.24. The van der Waals surface area contributed by atoms with Gasteiger partial charge in [-0.05, 0) is 98.7 Å². The summed E-state index contributed by atoms with van der Waals surface area (Å²) in [5, 5.41) is 0. The number of ether oxygens (including phenoxy) is 1. The fourth-order valence-corrected chi connectivity index (χ4v) is 6.34. The van der Waals surface area contributed by atoms with Crippen molar-refractivity contribution >= 4 is 6.29 Å². The van der Waals surface area contributed by atoms with Crippen LogP contribution in [-0.2, 0) is 16.0 Å². The van der Waals surface area contributed by atoms with Crippen LogP contribution in [0.4, 0.5) is 17.6 Å². The Kier molecular flexibility index (Phi) is 11.4. The maximum absolute atomic E-state index is 13.4. The second kappa shape index (κ2) is 14.7. The molecule has 6 rings (SSSR count). The van der Waals surface area contributed by atoms with E-state index in [2.05, 4.69) is 10.6 Å². The Labute approximate surface area is 241 Å². The van der Waals surface area contributed by atoms with Crippen LogP contribution in [-0.4, -0.2) is 55.5 Å². The number of piperidine rings is 1. The molecule has 0 radical (unpaired) electrons. The molecule has 3 aliphatic carbocycles. The quantitative estimate of drug-likeness (QED) is 0.275. The van der Waals surface area contributed by atoms with Crippen LogP contribution in [0.25, 0.3) is 11.1 Å². The zero-order valence-corrected chi connectivity index (χ0v) is 24.1. The van der Waals surface area contributed by atoms with Gasteiger partial charge in [-0.15, -0.1) is 0 Å². The molecule has 4 aliphatic rings. The fourth-order valence-electron chi connectivity index (χ4n) is 6.34. The Morgan fingerprint density at radius 1 is 0.927 bits per heavy atom. The predicted molar refractivity (Wildman–Crippen MR) is 154 cm³/mol. The number of carbonyl (C=O) groups excluding carboxylic acids is 1. The van der Waals surface area contributed by atoms with Crippen molar-refractivity contribution in [2.45, 2.75) is 107 Å². The summed E-state index contributed by atoms with van der Waals surface area (Å²) < 4.78 is 59.5. The molecule has 2 aromatic rings. The SMILES string of the molecule is CN.FC1(F)CCCC(OC2CCN(C3CCC3)CC2)C1.O=CCc1cccc(-c2cc(F)cc(F)c2)c1C1CC1. The summed E-state index contributed by atoms with van der Waals surface area (Å²) in [6.45, 7) is 2.19. The monoisotopic (exact) mass is 576 g/mol. The van der Waals surface area contributed by atoms with E-state index in [9.17, 15) is 22.4 Å². The van der Waals surface area contributed by atoms with E-state index in [1.807, 2.05) is 18.2 Å². The molecule has 0 amide bonds. The van der Waals surface area contributed by atoms with Crippen LogP contribution in [0.15, 0.2) is 36.4 Å². The molecular weight excluding hydrogens is 532 g/mol. The van der Waals surface area contributed by atoms with Gasteiger partial charge in [-0.1, -0.05) is 24.6 Å². The van der Waals surface area contributed by atoms with E-state index in [-0.39, 0.29) is 25.0 Å². The number of alkyl halides is 2. The summed E-state index contributed by atoms with van der Waals surface area (Å²) in [6.07, 6.45) is 10.9. The lowest BCUT2D eigenvalue weighted by Gasteiger charge is -2.42. The smallest absolute Gasteiger partial charge is 0.250 e. The first-order chi connectivity index (χ1) is 19.8. The van der Waals surface area contributed by atoms with Crippen molar-refractivity contribution in [3.05, 3.63) is 59.2 Å². The molecular formula is C33H44F4N2O2. The zero-order chi connectivity index (χ0) is 29.4. The van der Waals surface area contributed by atoms with Gasteiger partial charge < -0.3 is 20.2 Å². The first-order valence-corrected chi connectivity index (χ1v) is 15.2. The van der Waals surface area contributed by atoms with Gasteiger partial charge in [-0.2, -0.15) is 0 Å². The average molecular weight is 577 g/mol. The molecule has 4 nitrogen and oxygen atoms in total. The van der Waals surface area contributed by atoms with Gasteiger partial charge in [0.15, 0.2) is 0 Å². The van der Waals surface area contributed by atoms with Crippen molar-refractivity contribution in [3.8, 4) is 11.1 Å². The molecule has 1 atom stereocenters. The number of likely N-dealkylation sites (tertiary alicyclic amines) is 1. The third-order valence-electron chi connectivity index (χ3n) is 8.71. The predicted octanol–water partition coefficient (Wildman–Crippen LogP) is 7.42. The molecule has 0 spiro atoms. The third-order valence-corrected chi connectivity index (χ3v) is 8.71. The van der Waals surface area contributed by atoms with E-state index in [1.54, 1.807) is 0 Å². The van der Waals surface area contributed by atoms with Crippen molar-refractivity contribution in [1.29, 1.82) is 0 Å². The fraction of sp³-hybridized carbons (Fsp3) is 0.606. The van der Waals surface area contributed by atoms with E-state index in [4.69, 9.17) is 4.74 Å². The van der Waals surface area contributed by atoms with E-state index in [0.29, 0.717) is 24.3 Å². The molecule has 0 aromatic heterocycles. The van der Waals surface area contributed by atoms with Crippen LogP contribution in [0.5, 0.6) is 0 Å². The number of aldehydes is 1. The van der Waals surface area contributed by atoms with Gasteiger partial charge in [0, 0.05) is 44.5 Å². The molecule has 4 fully saturated rings. The van der Waals surface area contributed by atoms with E-state index < -0.39 is 17.6 Å². The van der Waals surface area contributed by atoms with Crippen LogP contribution in [0.2, 0.25) is 0 Å². The largest absolute Gasteiger partial charge is 0.375 e. The van der Waals surface area contributed by atoms with Crippen molar-refractivity contribution in [3.63, 3.8) is 0 Å². The third kappa shape index (κ3) is 8.85. The van der Waals surface area contributed by atoms with E-state index >= 15 is 0 Å². The number of nitrogens with two attached hydrogens (primary N) is 1. The molecule has 226 valence electrons. The summed E-state index contributed by atoms with van der Waals surface area (Å²) in [5.41, 5.74) is 7.91. The maximum Gasteiger partial charge on any atom is 0.250 e. The van der Waals surface area contributed by atoms with Crippen LogP contribution in [0.3, 0.4) is 0 Å². The van der Waals surface area contributed by atoms with Gasteiger partial charge in [-0.3, -0.25) is 0 Å². The molecule has 41 heavy (non-hydrogen) atoms. The number of nitrogens with zero attached hydrogens (tertiary/aromatic N) is 1. The zero-order valence-electron chi connectivity index (χ0n) is 24.1. The Morgan fingerprint density at radius 2 is 1.61 bits per heavy atom. The standard InChI is InChI=1S/C17H14F2O.C15H25F2NO.CH5N/c18-14-8-13(9-15(19)10-14)16-3-1-2-11(6-7-20)17(16)12-4-5-12;16-15(17)8-2-5-14(11-15)19-13-6-9-18(10-7-13)12-3-1-4-12;1-2/h1-3,7-10,12H,4-6H2;12-14H,1-11H2;2H2,1H3. The Hall–Kier alpha value is -2.29. The topological polar surface area (TPSA) is 55.6 Å². The molecule has 8 heteroatoms. The number of hydrogen-bond donors (Lipinski definition) is 1. The number of carbonyl (C=O) groups is 1. The lowest BCUT2D eigenvalue weighted by molar-refractivity contribution is -0.126. The molecule has 2 N–H and O–H groups in total. The molecule has 1 heterocycles. The van der Waals surface area contributed by atoms with Gasteiger partial charge in [0.25, 0.3) is 5.92 Å². The summed E-state index contributed by atoms with van der Waals surface area (Å²) in [6, 6.07) is 9.99. The van der Waals surface area contributed by atoms with Crippen molar-refractivity contribution in [1.82, 2.24) is 4.90 Å². The van der Waals surface area contributed by atoms with Crippen molar-refractivity contribution in [2.24, 2.45) is 5.73 Å². The Morgan fingerprint density at radius 3 is 2.17 bits per heavy atom. The Bertz CT molecular complexity index is 1110. The van der Waals surface area contributed by atoms with Crippen LogP contribution >= 0.6 is 0 Å². The number of rotatable bonds is 7. The maximum atomic E-state index is 13.4. The second-order valence-corrected chi connectivity index (χ2v) is 11.7. The number of hydrogen-bond acceptors (Lipinski definition) is 4. The molecule has 3 saturated carbocycles. The minimum atomic E-state index is -2.49. The van der Waals surface area contributed by atoms with E-state index in [0.717, 1.165) is 80.3 Å². The number of halogens is 4. The molecule has 1 unspecified atom stereocenters. The van der Waals surface area contributed by atoms with Crippen molar-refractivity contribution in [2.75, 3.05) is 20.1 Å². The van der Waals surface area contributed by atoms with Gasteiger partial charge in [0.1, 0.15) is 17.9 Å². The highest BCUT2D eigenvalue weighted by Crippen LogP contribution is 2.46. The summed E-state index contributed by atoms with van der Waals surface area (Å²) >= 11 is 0. The Balaban J connectivity index is 0.000000178. The molecule has 2 aromatic carbocycles. The summed E-state index contributed by atoms with van der Waals surface area (Å²) in [4.78, 5) is 13.4. The van der Waals surface area contributed by atoms with Gasteiger partial charge in [-0.25, -0.2) is 17.6 Å². The van der Waals surface area contributed by atoms with Crippen LogP contribution < -0.4 is 5.73 Å². The highest BCUT2D eigenvalue weighted by atomic mass is 19.3. The average Bonchev–Trinajstić information content (AvgIpc) is 3.75. The first-order valence-electron chi connectivity index (χ1n) is 15.2. The minimum Gasteiger partial charge on any atom is -0.375 e. The van der Waals surface area contributed by atoms with Crippen LogP contribution in [0.1, 0.15) is 87.7 Å². The van der Waals surface area contributed by atoms with Gasteiger partial charge in [0.05, 0.1) is 12.2 Å². The highest BCUT2D eigenvalue weighted by molar-refractivity contribution is 5.72.